The highest BCUT2D eigenvalue weighted by atomic mass is 16.6. The van der Waals surface area contributed by atoms with E-state index in [0.29, 0.717) is 5.90 Å². The van der Waals surface area contributed by atoms with Gasteiger partial charge in [-0.1, -0.05) is 51.1 Å². The third-order valence-corrected chi connectivity index (χ3v) is 4.68. The Hall–Kier alpha value is -2.08. The molecule has 0 bridgehead atoms. The topological polar surface area (TPSA) is 71.4 Å². The number of nitrogens with zero attached hydrogens (tertiary/aromatic N) is 2. The van der Waals surface area contributed by atoms with Crippen LogP contribution in [0.1, 0.15) is 40.2 Å². The van der Waals surface area contributed by atoms with Crippen molar-refractivity contribution in [2.75, 3.05) is 7.11 Å². The predicted molar refractivity (Wildman–Crippen MR) is 101 cm³/mol. The molecule has 1 N–H and O–H groups in total. The Morgan fingerprint density at radius 3 is 2.42 bits per heavy atom. The average molecular weight is 362 g/mol. The summed E-state index contributed by atoms with van der Waals surface area (Å²) in [5, 5.41) is 10.2. The predicted octanol–water partition coefficient (Wildman–Crippen LogP) is 3.44. The van der Waals surface area contributed by atoms with Crippen molar-refractivity contribution < 1.29 is 19.4 Å². The van der Waals surface area contributed by atoms with Crippen molar-refractivity contribution in [2.45, 2.75) is 59.5 Å². The zero-order valence-electron chi connectivity index (χ0n) is 16.5. The van der Waals surface area contributed by atoms with Crippen LogP contribution in [0.25, 0.3) is 0 Å². The fourth-order valence-electron chi connectivity index (χ4n) is 3.34. The van der Waals surface area contributed by atoms with Crippen LogP contribution in [0.2, 0.25) is 0 Å². The van der Waals surface area contributed by atoms with E-state index in [1.165, 1.54) is 0 Å². The van der Waals surface area contributed by atoms with Crippen LogP contribution in [0.5, 0.6) is 0 Å². The smallest absolute Gasteiger partial charge is 0.412 e. The number of aliphatic hydroxyl groups excluding tert-OH is 1. The highest BCUT2D eigenvalue weighted by Crippen LogP contribution is 2.35. The second kappa shape index (κ2) is 8.08. The first-order valence-electron chi connectivity index (χ1n) is 8.95. The van der Waals surface area contributed by atoms with Gasteiger partial charge in [0.25, 0.3) is 0 Å². The monoisotopic (exact) mass is 362 g/mol. The van der Waals surface area contributed by atoms with Crippen LogP contribution in [-0.2, 0) is 16.1 Å². The van der Waals surface area contributed by atoms with E-state index in [0.717, 1.165) is 5.56 Å². The van der Waals surface area contributed by atoms with E-state index in [9.17, 15) is 9.90 Å². The first-order valence-corrected chi connectivity index (χ1v) is 8.95. The van der Waals surface area contributed by atoms with Crippen molar-refractivity contribution in [3.05, 3.63) is 35.9 Å². The number of hydrogen-bond donors (Lipinski definition) is 1. The van der Waals surface area contributed by atoms with E-state index in [1.54, 1.807) is 18.9 Å². The summed E-state index contributed by atoms with van der Waals surface area (Å²) in [6.45, 7) is 9.82. The second-order valence-corrected chi connectivity index (χ2v) is 7.87. The molecule has 0 aliphatic carbocycles. The number of methoxy groups -OCH3 is 1. The van der Waals surface area contributed by atoms with Gasteiger partial charge in [0.15, 0.2) is 5.90 Å². The van der Waals surface area contributed by atoms with Gasteiger partial charge in [0.2, 0.25) is 0 Å². The molecule has 0 radical (unpaired) electrons. The van der Waals surface area contributed by atoms with Crippen LogP contribution < -0.4 is 0 Å². The number of aliphatic hydroxyl groups is 1. The lowest BCUT2D eigenvalue weighted by Gasteiger charge is -2.46. The molecule has 1 aliphatic rings. The molecule has 1 aromatic carbocycles. The molecule has 144 valence electrons. The third kappa shape index (κ3) is 4.36. The Morgan fingerprint density at radius 1 is 1.31 bits per heavy atom. The third-order valence-electron chi connectivity index (χ3n) is 4.68. The standard InChI is InChI=1S/C20H30N2O4/c1-13-16(14(2)23)17(25-6)21-18(20(3,4)5)22(13)19(24)26-12-15-10-8-7-9-11-15/h7-11,13-14,16,18,23H,12H2,1-6H3/t13-,14-,16+,18+/m0/s1. The summed E-state index contributed by atoms with van der Waals surface area (Å²) in [5.41, 5.74) is 0.610. The van der Waals surface area contributed by atoms with E-state index < -0.39 is 24.3 Å². The van der Waals surface area contributed by atoms with E-state index in [2.05, 4.69) is 4.99 Å². The molecule has 0 saturated heterocycles. The van der Waals surface area contributed by atoms with Crippen LogP contribution in [0.15, 0.2) is 35.3 Å². The van der Waals surface area contributed by atoms with Crippen molar-refractivity contribution in [3.63, 3.8) is 0 Å². The molecule has 4 atom stereocenters. The van der Waals surface area contributed by atoms with Crippen molar-refractivity contribution in [3.8, 4) is 0 Å². The molecular weight excluding hydrogens is 332 g/mol. The average Bonchev–Trinajstić information content (AvgIpc) is 2.58. The number of hydrogen-bond acceptors (Lipinski definition) is 5. The van der Waals surface area contributed by atoms with Crippen LogP contribution in [0, 0.1) is 11.3 Å². The Kier molecular flexibility index (Phi) is 6.29. The quantitative estimate of drug-likeness (QED) is 0.894. The maximum absolute atomic E-state index is 12.9. The summed E-state index contributed by atoms with van der Waals surface area (Å²) in [6, 6.07) is 9.24. The molecular formula is C20H30N2O4. The lowest BCUT2D eigenvalue weighted by Crippen LogP contribution is -2.60. The van der Waals surface area contributed by atoms with Crippen molar-refractivity contribution in [1.29, 1.82) is 0 Å². The van der Waals surface area contributed by atoms with Gasteiger partial charge in [0.05, 0.1) is 19.1 Å². The van der Waals surface area contributed by atoms with Crippen LogP contribution in [0.4, 0.5) is 4.79 Å². The number of benzene rings is 1. The van der Waals surface area contributed by atoms with Gasteiger partial charge in [0.1, 0.15) is 12.8 Å². The van der Waals surface area contributed by atoms with Crippen molar-refractivity contribution in [1.82, 2.24) is 4.90 Å². The number of rotatable bonds is 3. The SMILES string of the molecule is COC1=N[C@@H](C(C)(C)C)N(C(=O)OCc2ccccc2)[C@@H](C)[C@@H]1[C@H](C)O. The van der Waals surface area contributed by atoms with Gasteiger partial charge in [-0.05, 0) is 19.4 Å². The first kappa shape index (κ1) is 20.2. The second-order valence-electron chi connectivity index (χ2n) is 7.87. The number of carbonyl (C=O) groups excluding carboxylic acids is 1. The van der Waals surface area contributed by atoms with E-state index in [-0.39, 0.29) is 18.1 Å². The Bertz CT molecular complexity index is 637. The Labute approximate surface area is 155 Å². The molecule has 0 unspecified atom stereocenters. The largest absolute Gasteiger partial charge is 0.484 e. The summed E-state index contributed by atoms with van der Waals surface area (Å²) in [4.78, 5) is 19.2. The van der Waals surface area contributed by atoms with Crippen LogP contribution >= 0.6 is 0 Å². The van der Waals surface area contributed by atoms with Crippen LogP contribution in [0.3, 0.4) is 0 Å². The Balaban J connectivity index is 2.29. The zero-order valence-corrected chi connectivity index (χ0v) is 16.5. The fraction of sp³-hybridized carbons (Fsp3) is 0.600. The minimum absolute atomic E-state index is 0.194. The van der Waals surface area contributed by atoms with E-state index in [4.69, 9.17) is 9.47 Å². The molecule has 1 aromatic rings. The molecule has 0 spiro atoms. The lowest BCUT2D eigenvalue weighted by molar-refractivity contribution is -0.00336. The lowest BCUT2D eigenvalue weighted by atomic mass is 9.85. The van der Waals surface area contributed by atoms with E-state index in [1.807, 2.05) is 58.0 Å². The van der Waals surface area contributed by atoms with E-state index >= 15 is 0 Å². The highest BCUT2D eigenvalue weighted by molar-refractivity contribution is 5.83. The molecule has 6 nitrogen and oxygen atoms in total. The summed E-state index contributed by atoms with van der Waals surface area (Å²) in [5.74, 6) is 0.0717. The molecule has 6 heteroatoms. The molecule has 0 aromatic heterocycles. The van der Waals surface area contributed by atoms with Gasteiger partial charge >= 0.3 is 6.09 Å². The maximum Gasteiger partial charge on any atom is 0.412 e. The normalized spacial score (nSPS) is 24.7. The number of carbonyl (C=O) groups is 1. The van der Waals surface area contributed by atoms with Gasteiger partial charge in [-0.15, -0.1) is 0 Å². The van der Waals surface area contributed by atoms with Gasteiger partial charge in [-0.2, -0.15) is 0 Å². The van der Waals surface area contributed by atoms with Gasteiger partial charge in [-0.25, -0.2) is 9.79 Å². The number of aliphatic imine (C=N–C) groups is 1. The van der Waals surface area contributed by atoms with Gasteiger partial charge < -0.3 is 14.6 Å². The fourth-order valence-corrected chi connectivity index (χ4v) is 3.34. The molecule has 26 heavy (non-hydrogen) atoms. The van der Waals surface area contributed by atoms with Crippen molar-refractivity contribution in [2.24, 2.45) is 16.3 Å². The van der Waals surface area contributed by atoms with Gasteiger partial charge in [0, 0.05) is 11.5 Å². The number of amides is 1. The van der Waals surface area contributed by atoms with Crippen molar-refractivity contribution >= 4 is 12.0 Å². The number of ether oxygens (including phenoxy) is 2. The first-order chi connectivity index (χ1) is 12.2. The molecule has 0 saturated carbocycles. The molecule has 1 amide bonds. The molecule has 2 rings (SSSR count). The zero-order chi connectivity index (χ0) is 19.5. The summed E-state index contributed by atoms with van der Waals surface area (Å²) in [7, 11) is 1.55. The minimum Gasteiger partial charge on any atom is -0.484 e. The summed E-state index contributed by atoms with van der Waals surface area (Å²) in [6.07, 6.45) is -1.58. The maximum atomic E-state index is 12.9. The highest BCUT2D eigenvalue weighted by Gasteiger charge is 2.47. The Morgan fingerprint density at radius 2 is 1.92 bits per heavy atom. The molecule has 1 heterocycles. The summed E-state index contributed by atoms with van der Waals surface area (Å²) >= 11 is 0. The molecule has 1 aliphatic heterocycles. The molecule has 0 fully saturated rings. The van der Waals surface area contributed by atoms with Gasteiger partial charge in [-0.3, -0.25) is 4.90 Å². The van der Waals surface area contributed by atoms with Crippen LogP contribution in [-0.4, -0.2) is 47.4 Å². The minimum atomic E-state index is -0.700. The summed E-state index contributed by atoms with van der Waals surface area (Å²) < 4.78 is 11.0.